The number of benzene rings is 1. The molecule has 2 heterocycles. The molecule has 24 heavy (non-hydrogen) atoms. The highest BCUT2D eigenvalue weighted by molar-refractivity contribution is 9.10. The highest BCUT2D eigenvalue weighted by atomic mass is 79.9. The third-order valence-corrected chi connectivity index (χ3v) is 4.50. The van der Waals surface area contributed by atoms with Crippen molar-refractivity contribution in [3.05, 3.63) is 50.1 Å². The van der Waals surface area contributed by atoms with Gasteiger partial charge in [-0.25, -0.2) is 4.98 Å². The summed E-state index contributed by atoms with van der Waals surface area (Å²) in [6.45, 7) is 0. The fourth-order valence-corrected chi connectivity index (χ4v) is 3.20. The zero-order valence-electron chi connectivity index (χ0n) is 12.0. The van der Waals surface area contributed by atoms with Crippen molar-refractivity contribution in [2.75, 3.05) is 0 Å². The molecule has 0 spiro atoms. The molecule has 1 aromatic carbocycles. The molecular weight excluding hydrogens is 398 g/mol. The smallest absolute Gasteiger partial charge is 0.284 e. The Morgan fingerprint density at radius 3 is 2.96 bits per heavy atom. The Hall–Kier alpha value is -2.79. The monoisotopic (exact) mass is 407 g/mol. The summed E-state index contributed by atoms with van der Waals surface area (Å²) in [6.07, 6.45) is 3.27. The molecule has 11 heteroatoms. The number of nitrogens with two attached hydrogens (primary N) is 2. The molecular formula is C13H10BrN7O2S. The number of rotatable bonds is 4. The van der Waals surface area contributed by atoms with Crippen molar-refractivity contribution < 1.29 is 4.92 Å². The maximum absolute atomic E-state index is 11.1. The van der Waals surface area contributed by atoms with E-state index in [4.69, 9.17) is 11.5 Å². The van der Waals surface area contributed by atoms with E-state index in [0.29, 0.717) is 21.4 Å². The van der Waals surface area contributed by atoms with E-state index in [1.54, 1.807) is 16.5 Å². The van der Waals surface area contributed by atoms with Crippen molar-refractivity contribution in [1.29, 1.82) is 0 Å². The largest absolute Gasteiger partial charge is 0.369 e. The quantitative estimate of drug-likeness (QED) is 0.295. The summed E-state index contributed by atoms with van der Waals surface area (Å²) in [5, 5.41) is 20.4. The van der Waals surface area contributed by atoms with Crippen LogP contribution in [0, 0.1) is 10.1 Å². The second-order valence-electron chi connectivity index (χ2n) is 4.59. The molecule has 0 aliphatic rings. The maximum Gasteiger partial charge on any atom is 0.284 e. The van der Waals surface area contributed by atoms with Crippen molar-refractivity contribution >= 4 is 50.1 Å². The molecule has 0 atom stereocenters. The molecule has 122 valence electrons. The molecule has 0 fully saturated rings. The Bertz CT molecular complexity index is 988. The van der Waals surface area contributed by atoms with Gasteiger partial charge in [0.25, 0.3) is 5.69 Å². The van der Waals surface area contributed by atoms with Crippen LogP contribution in [0.5, 0.6) is 0 Å². The average molecular weight is 408 g/mol. The summed E-state index contributed by atoms with van der Waals surface area (Å²) < 4.78 is 2.20. The van der Waals surface area contributed by atoms with Crippen molar-refractivity contribution in [3.8, 4) is 11.3 Å². The van der Waals surface area contributed by atoms with Gasteiger partial charge in [-0.15, -0.1) is 16.4 Å². The summed E-state index contributed by atoms with van der Waals surface area (Å²) in [5.74, 6) is -0.168. The van der Waals surface area contributed by atoms with Gasteiger partial charge in [-0.2, -0.15) is 5.10 Å². The lowest BCUT2D eigenvalue weighted by Gasteiger charge is -2.01. The number of nitro benzene ring substituents is 1. The fraction of sp³-hybridized carbons (Fsp3) is 0. The second-order valence-corrected chi connectivity index (χ2v) is 6.32. The molecule has 3 rings (SSSR count). The van der Waals surface area contributed by atoms with Gasteiger partial charge in [0, 0.05) is 23.2 Å². The molecule has 2 aromatic heterocycles. The second kappa shape index (κ2) is 6.37. The number of aromatic nitrogens is 2. The topological polar surface area (TPSA) is 137 Å². The van der Waals surface area contributed by atoms with Crippen LogP contribution in [0.15, 0.2) is 44.5 Å². The first-order chi connectivity index (χ1) is 11.5. The summed E-state index contributed by atoms with van der Waals surface area (Å²) in [5.41, 5.74) is 12.2. The van der Waals surface area contributed by atoms with Gasteiger partial charge >= 0.3 is 0 Å². The Labute approximate surface area is 147 Å². The Morgan fingerprint density at radius 2 is 2.25 bits per heavy atom. The van der Waals surface area contributed by atoms with Crippen molar-refractivity contribution in [2.45, 2.75) is 0 Å². The Morgan fingerprint density at radius 1 is 1.46 bits per heavy atom. The Kier molecular flexibility index (Phi) is 4.27. The number of guanidine groups is 1. The number of nitrogens with zero attached hydrogens (tertiary/aromatic N) is 5. The van der Waals surface area contributed by atoms with E-state index in [0.717, 1.165) is 4.96 Å². The number of hydrogen-bond donors (Lipinski definition) is 2. The maximum atomic E-state index is 11.1. The van der Waals surface area contributed by atoms with E-state index in [1.807, 2.05) is 11.6 Å². The van der Waals surface area contributed by atoms with E-state index in [9.17, 15) is 10.1 Å². The minimum atomic E-state index is -0.459. The van der Waals surface area contributed by atoms with Crippen molar-refractivity contribution in [3.63, 3.8) is 0 Å². The summed E-state index contributed by atoms with van der Waals surface area (Å²) in [7, 11) is 0. The van der Waals surface area contributed by atoms with Crippen LogP contribution in [0.1, 0.15) is 5.69 Å². The average Bonchev–Trinajstić information content (AvgIpc) is 3.09. The standard InChI is InChI=1S/C13H10BrN7O2S/c14-8-2-1-7(5-9(8)21(22)23)11-10(6-17-19-12(15)16)20-3-4-24-13(20)18-11/h1-6H,(H4,15,16,19)/b17-6-. The number of imidazole rings is 1. The number of nitro groups is 1. The van der Waals surface area contributed by atoms with Crippen LogP contribution in [0.25, 0.3) is 16.2 Å². The van der Waals surface area contributed by atoms with Gasteiger partial charge in [0.1, 0.15) is 0 Å². The number of thiazole rings is 1. The molecule has 0 amide bonds. The van der Waals surface area contributed by atoms with Crippen LogP contribution in [0.4, 0.5) is 5.69 Å². The molecule has 0 aliphatic carbocycles. The molecule has 3 aromatic rings. The van der Waals surface area contributed by atoms with Gasteiger partial charge in [-0.05, 0) is 22.0 Å². The first-order valence-corrected chi connectivity index (χ1v) is 8.16. The highest BCUT2D eigenvalue weighted by Crippen LogP contribution is 2.32. The van der Waals surface area contributed by atoms with Crippen LogP contribution in [0.2, 0.25) is 0 Å². The van der Waals surface area contributed by atoms with Crippen molar-refractivity contribution in [1.82, 2.24) is 9.38 Å². The molecule has 0 unspecified atom stereocenters. The van der Waals surface area contributed by atoms with Gasteiger partial charge < -0.3 is 11.5 Å². The van der Waals surface area contributed by atoms with E-state index in [2.05, 4.69) is 31.1 Å². The van der Waals surface area contributed by atoms with Crippen LogP contribution in [0.3, 0.4) is 0 Å². The summed E-state index contributed by atoms with van der Waals surface area (Å²) in [4.78, 5) is 15.9. The van der Waals surface area contributed by atoms with E-state index in [1.165, 1.54) is 23.6 Å². The zero-order chi connectivity index (χ0) is 17.3. The highest BCUT2D eigenvalue weighted by Gasteiger charge is 2.18. The fourth-order valence-electron chi connectivity index (χ4n) is 2.09. The molecule has 0 bridgehead atoms. The van der Waals surface area contributed by atoms with E-state index >= 15 is 0 Å². The molecule has 0 aliphatic heterocycles. The molecule has 0 radical (unpaired) electrons. The third kappa shape index (κ3) is 2.98. The van der Waals surface area contributed by atoms with Gasteiger partial charge in [-0.1, -0.05) is 6.07 Å². The van der Waals surface area contributed by atoms with Gasteiger partial charge in [0.15, 0.2) is 4.96 Å². The molecule has 0 saturated heterocycles. The third-order valence-electron chi connectivity index (χ3n) is 3.07. The Balaban J connectivity index is 2.17. The lowest BCUT2D eigenvalue weighted by molar-refractivity contribution is -0.385. The molecule has 9 nitrogen and oxygen atoms in total. The van der Waals surface area contributed by atoms with Crippen LogP contribution in [-0.2, 0) is 0 Å². The normalized spacial score (nSPS) is 11.2. The number of halogens is 1. The van der Waals surface area contributed by atoms with Crippen molar-refractivity contribution in [2.24, 2.45) is 21.7 Å². The number of fused-ring (bicyclic) bond motifs is 1. The van der Waals surface area contributed by atoms with E-state index in [-0.39, 0.29) is 11.6 Å². The first kappa shape index (κ1) is 16.1. The first-order valence-electron chi connectivity index (χ1n) is 6.49. The minimum Gasteiger partial charge on any atom is -0.369 e. The van der Waals surface area contributed by atoms with E-state index < -0.39 is 4.92 Å². The lowest BCUT2D eigenvalue weighted by Crippen LogP contribution is -2.21. The lowest BCUT2D eigenvalue weighted by atomic mass is 10.1. The molecule has 0 saturated carbocycles. The number of hydrogen-bond acceptors (Lipinski definition) is 6. The predicted molar refractivity (Wildman–Crippen MR) is 96.3 cm³/mol. The van der Waals surface area contributed by atoms with Gasteiger partial charge in [-0.3, -0.25) is 14.5 Å². The van der Waals surface area contributed by atoms with Crippen LogP contribution >= 0.6 is 27.3 Å². The molecule has 4 N–H and O–H groups in total. The van der Waals surface area contributed by atoms with Crippen LogP contribution < -0.4 is 11.5 Å². The van der Waals surface area contributed by atoms with Gasteiger partial charge in [0.2, 0.25) is 5.96 Å². The zero-order valence-corrected chi connectivity index (χ0v) is 14.4. The predicted octanol–water partition coefficient (Wildman–Crippen LogP) is 2.34. The SMILES string of the molecule is NC(N)=N/N=C\c1c(-c2ccc(Br)c([N+](=O)[O-])c2)nc2sccn12. The summed E-state index contributed by atoms with van der Waals surface area (Å²) in [6, 6.07) is 4.80. The summed E-state index contributed by atoms with van der Waals surface area (Å²) >= 11 is 4.60. The minimum absolute atomic E-state index is 0.0454. The van der Waals surface area contributed by atoms with Crippen LogP contribution in [-0.4, -0.2) is 26.5 Å². The van der Waals surface area contributed by atoms with Gasteiger partial charge in [0.05, 0.1) is 27.0 Å².